The summed E-state index contributed by atoms with van der Waals surface area (Å²) in [5.41, 5.74) is 1.98. The fourth-order valence-electron chi connectivity index (χ4n) is 4.33. The summed E-state index contributed by atoms with van der Waals surface area (Å²) in [6.45, 7) is -0.389. The summed E-state index contributed by atoms with van der Waals surface area (Å²) >= 11 is 0. The molecule has 0 amide bonds. The van der Waals surface area contributed by atoms with Crippen LogP contribution in [0.25, 0.3) is 0 Å². The summed E-state index contributed by atoms with van der Waals surface area (Å²) in [4.78, 5) is 0. The summed E-state index contributed by atoms with van der Waals surface area (Å²) in [6, 6.07) is 26.2. The second-order valence-electron chi connectivity index (χ2n) is 9.04. The van der Waals surface area contributed by atoms with E-state index in [1.54, 1.807) is 84.9 Å². The molecule has 1 aliphatic heterocycles. The van der Waals surface area contributed by atoms with Gasteiger partial charge in [-0.15, -0.1) is 13.2 Å². The lowest BCUT2D eigenvalue weighted by molar-refractivity contribution is -0.390. The maximum atomic E-state index is 13.8. The van der Waals surface area contributed by atoms with Crippen molar-refractivity contribution in [2.24, 2.45) is 0 Å². The number of rotatable bonds is 11. The van der Waals surface area contributed by atoms with E-state index in [0.29, 0.717) is 11.1 Å². The monoisotopic (exact) mass is 594 g/mol. The number of alkyl halides is 3. The van der Waals surface area contributed by atoms with Crippen LogP contribution in [-0.4, -0.2) is 57.6 Å². The minimum atomic E-state index is -5.18. The van der Waals surface area contributed by atoms with E-state index in [2.05, 4.69) is 4.74 Å². The van der Waals surface area contributed by atoms with Gasteiger partial charge in [0.2, 0.25) is 15.3 Å². The number of methoxy groups -OCH3 is 1. The Labute approximate surface area is 237 Å². The summed E-state index contributed by atoms with van der Waals surface area (Å²) < 4.78 is 99.3. The SMILES string of the molecule is CO[C@H]1O[C@H](C(OCc2ccccc2)=S(=O)=O)[C@H](OC(F)(F)F)[C@H](OCc2ccccc2)[C@H]1OCc1ccccc1. The van der Waals surface area contributed by atoms with Crippen molar-refractivity contribution in [3.8, 4) is 0 Å². The van der Waals surface area contributed by atoms with Crippen LogP contribution >= 0.6 is 0 Å². The Kier molecular flexibility index (Phi) is 11.1. The van der Waals surface area contributed by atoms with E-state index in [0.717, 1.165) is 5.56 Å². The predicted octanol–water partition coefficient (Wildman–Crippen LogP) is 4.66. The predicted molar refractivity (Wildman–Crippen MR) is 142 cm³/mol. The highest BCUT2D eigenvalue weighted by atomic mass is 32.2. The van der Waals surface area contributed by atoms with Gasteiger partial charge in [-0.2, -0.15) is 8.42 Å². The molecule has 41 heavy (non-hydrogen) atoms. The minimum absolute atomic E-state index is 0.0160. The highest BCUT2D eigenvalue weighted by molar-refractivity contribution is 7.72. The molecule has 0 bridgehead atoms. The summed E-state index contributed by atoms with van der Waals surface area (Å²) in [5.74, 6) is 0. The van der Waals surface area contributed by atoms with Gasteiger partial charge in [-0.1, -0.05) is 91.0 Å². The normalized spacial score (nSPS) is 22.8. The molecule has 0 radical (unpaired) electrons. The van der Waals surface area contributed by atoms with Crippen molar-refractivity contribution < 1.29 is 50.0 Å². The summed E-state index contributed by atoms with van der Waals surface area (Å²) in [5, 5.41) is -0.792. The largest absolute Gasteiger partial charge is 0.522 e. The highest BCUT2D eigenvalue weighted by Crippen LogP contribution is 2.34. The second-order valence-corrected chi connectivity index (χ2v) is 9.91. The number of hydrogen-bond donors (Lipinski definition) is 0. The first-order valence-corrected chi connectivity index (χ1v) is 13.7. The lowest BCUT2D eigenvalue weighted by Crippen LogP contribution is -2.63. The van der Waals surface area contributed by atoms with Crippen molar-refractivity contribution in [2.75, 3.05) is 7.11 Å². The fraction of sp³-hybridized carbons (Fsp3) is 0.345. The van der Waals surface area contributed by atoms with Crippen LogP contribution < -0.4 is 0 Å². The van der Waals surface area contributed by atoms with Crippen molar-refractivity contribution in [3.63, 3.8) is 0 Å². The van der Waals surface area contributed by atoms with Gasteiger partial charge < -0.3 is 23.7 Å². The van der Waals surface area contributed by atoms with Crippen LogP contribution in [0.4, 0.5) is 13.2 Å². The quantitative estimate of drug-likeness (QED) is 0.296. The van der Waals surface area contributed by atoms with Crippen molar-refractivity contribution >= 4 is 15.3 Å². The van der Waals surface area contributed by atoms with Gasteiger partial charge >= 0.3 is 6.36 Å². The molecule has 1 fully saturated rings. The molecule has 5 atom stereocenters. The zero-order valence-corrected chi connectivity index (χ0v) is 22.8. The van der Waals surface area contributed by atoms with Crippen LogP contribution in [0.2, 0.25) is 0 Å². The van der Waals surface area contributed by atoms with E-state index in [1.165, 1.54) is 7.11 Å². The molecule has 0 unspecified atom stereocenters. The molecule has 3 aromatic rings. The fourth-order valence-corrected chi connectivity index (χ4v) is 4.86. The first kappa shape index (κ1) is 30.8. The topological polar surface area (TPSA) is 89.5 Å². The Hall–Kier alpha value is -3.10. The standard InChI is InChI=1S/C29H29F3O8S/c1-35-27-25(37-18-21-13-7-3-8-14-21)23(36-17-20-11-5-2-6-12-20)24(40-29(30,31)32)26(39-27)28(41(33)34)38-19-22-15-9-4-10-16-22/h2-16,23-27H,17-19H2,1H3/t23-,24+,25+,26-,27-/m0/s1. The Balaban J connectivity index is 1.69. The van der Waals surface area contributed by atoms with E-state index in [-0.39, 0.29) is 19.8 Å². The molecule has 220 valence electrons. The smallest absolute Gasteiger partial charge is 0.368 e. The second kappa shape index (κ2) is 14.7. The van der Waals surface area contributed by atoms with Gasteiger partial charge in [0, 0.05) is 7.11 Å². The lowest BCUT2D eigenvalue weighted by atomic mass is 9.98. The Bertz CT molecular complexity index is 1350. The van der Waals surface area contributed by atoms with Crippen molar-refractivity contribution in [1.29, 1.82) is 0 Å². The number of halogens is 3. The zero-order valence-electron chi connectivity index (χ0n) is 22.0. The molecular formula is C29H29F3O8S. The summed E-state index contributed by atoms with van der Waals surface area (Å²) in [7, 11) is -1.86. The van der Waals surface area contributed by atoms with Crippen molar-refractivity contribution in [2.45, 2.75) is 56.9 Å². The first-order chi connectivity index (χ1) is 19.7. The molecule has 1 aliphatic rings. The van der Waals surface area contributed by atoms with Gasteiger partial charge in [-0.25, -0.2) is 0 Å². The number of benzene rings is 3. The summed E-state index contributed by atoms with van der Waals surface area (Å²) in [6.07, 6.45) is -13.2. The molecule has 12 heteroatoms. The van der Waals surface area contributed by atoms with Crippen LogP contribution in [0.15, 0.2) is 91.0 Å². The van der Waals surface area contributed by atoms with Crippen molar-refractivity contribution in [3.05, 3.63) is 108 Å². The molecule has 0 aliphatic carbocycles. The van der Waals surface area contributed by atoms with Crippen LogP contribution in [0.1, 0.15) is 16.7 Å². The molecule has 1 saturated heterocycles. The van der Waals surface area contributed by atoms with Crippen LogP contribution in [0, 0.1) is 0 Å². The molecule has 3 aromatic carbocycles. The third-order valence-corrected chi connectivity index (χ3v) is 6.87. The van der Waals surface area contributed by atoms with Gasteiger partial charge in [-0.3, -0.25) is 4.74 Å². The molecule has 0 saturated carbocycles. The van der Waals surface area contributed by atoms with Gasteiger partial charge in [0.25, 0.3) is 0 Å². The zero-order chi connectivity index (χ0) is 29.2. The van der Waals surface area contributed by atoms with Crippen LogP contribution in [0.5, 0.6) is 0 Å². The van der Waals surface area contributed by atoms with Gasteiger partial charge in [-0.05, 0) is 16.7 Å². The third kappa shape index (κ3) is 8.94. The highest BCUT2D eigenvalue weighted by Gasteiger charge is 2.54. The molecule has 0 N–H and O–H groups in total. The molecule has 0 spiro atoms. The third-order valence-electron chi connectivity index (χ3n) is 6.19. The van der Waals surface area contributed by atoms with E-state index in [4.69, 9.17) is 23.7 Å². The number of ether oxygens (including phenoxy) is 6. The molecular weight excluding hydrogens is 565 g/mol. The molecule has 8 nitrogen and oxygen atoms in total. The maximum Gasteiger partial charge on any atom is 0.522 e. The van der Waals surface area contributed by atoms with Gasteiger partial charge in [0.05, 0.1) is 19.8 Å². The average molecular weight is 595 g/mol. The number of hydrogen-bond acceptors (Lipinski definition) is 8. The minimum Gasteiger partial charge on any atom is -0.368 e. The van der Waals surface area contributed by atoms with Crippen LogP contribution in [-0.2, 0) is 58.5 Å². The lowest BCUT2D eigenvalue weighted by Gasteiger charge is -2.45. The Morgan fingerprint density at radius 3 is 1.63 bits per heavy atom. The molecule has 4 rings (SSSR count). The maximum absolute atomic E-state index is 13.8. The van der Waals surface area contributed by atoms with E-state index in [9.17, 15) is 21.6 Å². The van der Waals surface area contributed by atoms with Crippen LogP contribution in [0.3, 0.4) is 0 Å². The Morgan fingerprint density at radius 2 is 1.20 bits per heavy atom. The van der Waals surface area contributed by atoms with Gasteiger partial charge in [0.15, 0.2) is 12.4 Å². The van der Waals surface area contributed by atoms with E-state index in [1.807, 2.05) is 6.07 Å². The molecule has 1 heterocycles. The average Bonchev–Trinajstić information content (AvgIpc) is 2.97. The van der Waals surface area contributed by atoms with E-state index >= 15 is 0 Å². The van der Waals surface area contributed by atoms with Gasteiger partial charge in [0.1, 0.15) is 18.3 Å². The molecule has 0 aromatic heterocycles. The Morgan fingerprint density at radius 1 is 0.732 bits per heavy atom. The van der Waals surface area contributed by atoms with E-state index < -0.39 is 52.4 Å². The van der Waals surface area contributed by atoms with Crippen molar-refractivity contribution in [1.82, 2.24) is 0 Å². The first-order valence-electron chi connectivity index (χ1n) is 12.6.